The van der Waals surface area contributed by atoms with Crippen LogP contribution in [0.2, 0.25) is 0 Å². The van der Waals surface area contributed by atoms with Gasteiger partial charge in [0.25, 0.3) is 0 Å². The first-order chi connectivity index (χ1) is 18.9. The normalized spacial score (nSPS) is 14.3. The Bertz CT molecular complexity index is 1390. The number of benzene rings is 1. The molecule has 0 amide bonds. The Balaban J connectivity index is 1.52. The van der Waals surface area contributed by atoms with Crippen LogP contribution in [0.1, 0.15) is 44.4 Å². The van der Waals surface area contributed by atoms with Gasteiger partial charge < -0.3 is 14.4 Å². The van der Waals surface area contributed by atoms with Crippen molar-refractivity contribution in [1.29, 1.82) is 0 Å². The molecule has 0 aliphatic carbocycles. The summed E-state index contributed by atoms with van der Waals surface area (Å²) in [5.41, 5.74) is 2.77. The summed E-state index contributed by atoms with van der Waals surface area (Å²) in [4.78, 5) is 11.4. The van der Waals surface area contributed by atoms with E-state index in [-0.39, 0.29) is 0 Å². The van der Waals surface area contributed by atoms with E-state index in [1.807, 2.05) is 25.1 Å². The lowest BCUT2D eigenvalue weighted by molar-refractivity contribution is 0.0646. The lowest BCUT2D eigenvalue weighted by Crippen LogP contribution is -2.25. The number of halogens is 1. The van der Waals surface area contributed by atoms with E-state index in [0.29, 0.717) is 53.7 Å². The number of likely N-dealkylation sites (tertiary alicyclic amines) is 1. The molecule has 206 valence electrons. The van der Waals surface area contributed by atoms with Crippen molar-refractivity contribution in [3.63, 3.8) is 0 Å². The number of nitrogens with zero attached hydrogens (tertiary/aromatic N) is 6. The van der Waals surface area contributed by atoms with Crippen LogP contribution >= 0.6 is 0 Å². The molecule has 4 aromatic rings. The Morgan fingerprint density at radius 1 is 1.08 bits per heavy atom. The molecule has 10 heteroatoms. The van der Waals surface area contributed by atoms with Gasteiger partial charge in [0.15, 0.2) is 11.6 Å². The minimum atomic E-state index is -0.902. The van der Waals surface area contributed by atoms with Crippen LogP contribution in [0.15, 0.2) is 47.4 Å². The molecule has 1 fully saturated rings. The zero-order valence-corrected chi connectivity index (χ0v) is 22.7. The number of rotatable bonds is 11. The second-order valence-electron chi connectivity index (χ2n) is 10.6. The molecule has 4 heterocycles. The minimum absolute atomic E-state index is 0.342. The summed E-state index contributed by atoms with van der Waals surface area (Å²) >= 11 is 0. The largest absolute Gasteiger partial charge is 0.492 e. The molecule has 3 aromatic heterocycles. The molecule has 39 heavy (non-hydrogen) atoms. The van der Waals surface area contributed by atoms with E-state index in [1.54, 1.807) is 43.2 Å². The van der Waals surface area contributed by atoms with Crippen LogP contribution in [-0.4, -0.2) is 66.8 Å². The van der Waals surface area contributed by atoms with Gasteiger partial charge in [-0.15, -0.1) is 0 Å². The van der Waals surface area contributed by atoms with Crippen LogP contribution < -0.4 is 4.74 Å². The maximum Gasteiger partial charge on any atom is 0.182 e. The van der Waals surface area contributed by atoms with Gasteiger partial charge in [-0.05, 0) is 65.3 Å². The number of ether oxygens (including phenoxy) is 1. The second kappa shape index (κ2) is 11.6. The first-order valence-electron chi connectivity index (χ1n) is 13.4. The third-order valence-corrected chi connectivity index (χ3v) is 7.14. The molecule has 0 spiro atoms. The Morgan fingerprint density at radius 3 is 2.56 bits per heavy atom. The van der Waals surface area contributed by atoms with Crippen molar-refractivity contribution in [3.05, 3.63) is 54.1 Å². The molecule has 0 atom stereocenters. The van der Waals surface area contributed by atoms with E-state index in [0.717, 1.165) is 36.5 Å². The average Bonchev–Trinajstić information content (AvgIpc) is 3.68. The van der Waals surface area contributed by atoms with E-state index in [1.165, 1.54) is 12.8 Å². The predicted molar refractivity (Wildman–Crippen MR) is 146 cm³/mol. The summed E-state index contributed by atoms with van der Waals surface area (Å²) in [5, 5.41) is 19.0. The van der Waals surface area contributed by atoms with Gasteiger partial charge in [-0.25, -0.2) is 14.4 Å². The van der Waals surface area contributed by atoms with Gasteiger partial charge in [0.05, 0.1) is 28.6 Å². The number of aryl methyl sites for hydroxylation is 1. The van der Waals surface area contributed by atoms with E-state index in [2.05, 4.69) is 25.1 Å². The second-order valence-corrected chi connectivity index (χ2v) is 10.6. The molecule has 1 aliphatic rings. The van der Waals surface area contributed by atoms with Crippen molar-refractivity contribution in [2.75, 3.05) is 26.2 Å². The van der Waals surface area contributed by atoms with E-state index in [9.17, 15) is 9.50 Å². The molecule has 1 saturated heterocycles. The van der Waals surface area contributed by atoms with Crippen molar-refractivity contribution in [2.24, 2.45) is 0 Å². The summed E-state index contributed by atoms with van der Waals surface area (Å²) < 4.78 is 28.0. The highest BCUT2D eigenvalue weighted by molar-refractivity contribution is 5.89. The highest BCUT2D eigenvalue weighted by Crippen LogP contribution is 2.42. The standard InChI is InChI=1S/C29H35FN6O3/c1-20-21(8-6-9-24(20)38-17-16-35-13-4-5-14-35)26-25(28-31-11-7-12-32-28)27(39-34-26)22-19-33-36(23(22)18-30)15-10-29(2,3)37/h6-9,11-12,19,37H,4-5,10,13-18H2,1-3H3. The fourth-order valence-corrected chi connectivity index (χ4v) is 4.93. The highest BCUT2D eigenvalue weighted by Gasteiger charge is 2.28. The zero-order chi connectivity index (χ0) is 27.4. The Kier molecular flexibility index (Phi) is 8.04. The van der Waals surface area contributed by atoms with Crippen molar-refractivity contribution in [1.82, 2.24) is 29.8 Å². The summed E-state index contributed by atoms with van der Waals surface area (Å²) in [6.07, 6.45) is 7.78. The molecule has 0 radical (unpaired) electrons. The smallest absolute Gasteiger partial charge is 0.182 e. The summed E-state index contributed by atoms with van der Waals surface area (Å²) in [6, 6.07) is 7.58. The van der Waals surface area contributed by atoms with Gasteiger partial charge in [-0.1, -0.05) is 17.3 Å². The fraction of sp³-hybridized carbons (Fsp3) is 0.448. The van der Waals surface area contributed by atoms with Crippen LogP contribution in [0.25, 0.3) is 34.0 Å². The highest BCUT2D eigenvalue weighted by atomic mass is 19.1. The van der Waals surface area contributed by atoms with Gasteiger partial charge in [0, 0.05) is 36.6 Å². The van der Waals surface area contributed by atoms with Crippen molar-refractivity contribution in [3.8, 4) is 39.7 Å². The Morgan fingerprint density at radius 2 is 1.85 bits per heavy atom. The van der Waals surface area contributed by atoms with E-state index >= 15 is 0 Å². The van der Waals surface area contributed by atoms with Gasteiger partial charge in [0.1, 0.15) is 24.7 Å². The maximum absolute atomic E-state index is 14.4. The first kappa shape index (κ1) is 27.0. The van der Waals surface area contributed by atoms with Gasteiger partial charge in [-0.2, -0.15) is 5.10 Å². The number of hydrogen-bond donors (Lipinski definition) is 1. The van der Waals surface area contributed by atoms with Crippen LogP contribution in [-0.2, 0) is 13.2 Å². The molecule has 1 aliphatic heterocycles. The number of alkyl halides is 1. The zero-order valence-electron chi connectivity index (χ0n) is 22.7. The lowest BCUT2D eigenvalue weighted by atomic mass is 9.98. The predicted octanol–water partition coefficient (Wildman–Crippen LogP) is 5.08. The quantitative estimate of drug-likeness (QED) is 0.284. The van der Waals surface area contributed by atoms with Crippen molar-refractivity contribution in [2.45, 2.75) is 58.9 Å². The van der Waals surface area contributed by atoms with Gasteiger partial charge in [-0.3, -0.25) is 9.58 Å². The molecule has 0 bridgehead atoms. The minimum Gasteiger partial charge on any atom is -0.492 e. The van der Waals surface area contributed by atoms with Crippen LogP contribution in [0.4, 0.5) is 4.39 Å². The topological polar surface area (TPSA) is 102 Å². The Hall–Kier alpha value is -3.63. The van der Waals surface area contributed by atoms with Crippen LogP contribution in [0.3, 0.4) is 0 Å². The molecule has 5 rings (SSSR count). The lowest BCUT2D eigenvalue weighted by Gasteiger charge is -2.17. The summed E-state index contributed by atoms with van der Waals surface area (Å²) in [6.45, 7) is 8.77. The molecule has 9 nitrogen and oxygen atoms in total. The molecule has 0 saturated carbocycles. The first-order valence-corrected chi connectivity index (χ1v) is 13.4. The summed E-state index contributed by atoms with van der Waals surface area (Å²) in [7, 11) is 0. The molecular weight excluding hydrogens is 499 g/mol. The molecule has 1 aromatic carbocycles. The fourth-order valence-electron chi connectivity index (χ4n) is 4.93. The van der Waals surface area contributed by atoms with Crippen molar-refractivity contribution < 1.29 is 18.8 Å². The van der Waals surface area contributed by atoms with Crippen LogP contribution in [0, 0.1) is 6.92 Å². The van der Waals surface area contributed by atoms with Crippen molar-refractivity contribution >= 4 is 0 Å². The monoisotopic (exact) mass is 534 g/mol. The molecular formula is C29H35FN6O3. The Labute approximate surface area is 227 Å². The van der Waals surface area contributed by atoms with Gasteiger partial charge >= 0.3 is 0 Å². The van der Waals surface area contributed by atoms with E-state index in [4.69, 9.17) is 9.26 Å². The van der Waals surface area contributed by atoms with E-state index < -0.39 is 12.3 Å². The SMILES string of the molecule is Cc1c(OCCN2CCCC2)cccc1-c1noc(-c2cnn(CCC(C)(C)O)c2CF)c1-c1ncccn1. The van der Waals surface area contributed by atoms with Gasteiger partial charge in [0.2, 0.25) is 0 Å². The average molecular weight is 535 g/mol. The maximum atomic E-state index is 14.4. The third-order valence-electron chi connectivity index (χ3n) is 7.14. The third kappa shape index (κ3) is 6.02. The van der Waals surface area contributed by atoms with Crippen LogP contribution in [0.5, 0.6) is 5.75 Å². The molecule has 0 unspecified atom stereocenters. The number of aliphatic hydroxyl groups is 1. The number of aromatic nitrogens is 5. The number of hydrogen-bond acceptors (Lipinski definition) is 8. The molecule has 1 N–H and O–H groups in total. The summed E-state index contributed by atoms with van der Waals surface area (Å²) in [5.74, 6) is 1.54.